The number of hydrogen-bond acceptors (Lipinski definition) is 1. The van der Waals surface area contributed by atoms with Gasteiger partial charge in [0.2, 0.25) is 0 Å². The molecule has 1 atom stereocenters. The standard InChI is InChI=1S/C11H15NO2/c1-12-6-5-9-8(7-11(13)14)3-2-4-10(9)12/h5-6,8H,2-4,7H2,1H3,(H,13,14). The highest BCUT2D eigenvalue weighted by Crippen LogP contribution is 2.34. The van der Waals surface area contributed by atoms with Crippen molar-refractivity contribution in [2.24, 2.45) is 7.05 Å². The fraction of sp³-hybridized carbons (Fsp3) is 0.545. The molecule has 1 aromatic heterocycles. The Bertz CT molecular complexity index is 354. The average Bonchev–Trinajstić information content (AvgIpc) is 2.49. The molecule has 0 aromatic carbocycles. The minimum Gasteiger partial charge on any atom is -0.481 e. The van der Waals surface area contributed by atoms with Crippen molar-refractivity contribution in [3.05, 3.63) is 23.5 Å². The Labute approximate surface area is 83.4 Å². The van der Waals surface area contributed by atoms with Crippen LogP contribution in [-0.4, -0.2) is 15.6 Å². The topological polar surface area (TPSA) is 42.2 Å². The summed E-state index contributed by atoms with van der Waals surface area (Å²) in [5, 5.41) is 8.79. The summed E-state index contributed by atoms with van der Waals surface area (Å²) in [7, 11) is 2.03. The van der Waals surface area contributed by atoms with Crippen molar-refractivity contribution >= 4 is 5.97 Å². The number of carbonyl (C=O) groups is 1. The smallest absolute Gasteiger partial charge is 0.303 e. The molecule has 0 bridgehead atoms. The van der Waals surface area contributed by atoms with Crippen LogP contribution >= 0.6 is 0 Å². The lowest BCUT2D eigenvalue weighted by atomic mass is 9.85. The van der Waals surface area contributed by atoms with Crippen LogP contribution in [0.2, 0.25) is 0 Å². The van der Waals surface area contributed by atoms with Gasteiger partial charge in [-0.1, -0.05) is 0 Å². The van der Waals surface area contributed by atoms with Crippen LogP contribution in [0.25, 0.3) is 0 Å². The first kappa shape index (κ1) is 9.31. The quantitative estimate of drug-likeness (QED) is 0.779. The van der Waals surface area contributed by atoms with Crippen LogP contribution in [0, 0.1) is 0 Å². The Morgan fingerprint density at radius 1 is 1.71 bits per heavy atom. The van der Waals surface area contributed by atoms with Gasteiger partial charge in [-0.15, -0.1) is 0 Å². The molecule has 0 aliphatic heterocycles. The third-order valence-electron chi connectivity index (χ3n) is 3.06. The SMILES string of the molecule is Cn1ccc2c1CCCC2CC(=O)O. The van der Waals surface area contributed by atoms with Crippen LogP contribution < -0.4 is 0 Å². The van der Waals surface area contributed by atoms with Gasteiger partial charge in [0.25, 0.3) is 0 Å². The summed E-state index contributed by atoms with van der Waals surface area (Å²) in [5.41, 5.74) is 2.57. The Hall–Kier alpha value is -1.25. The van der Waals surface area contributed by atoms with E-state index in [1.54, 1.807) is 0 Å². The number of hydrogen-bond donors (Lipinski definition) is 1. The zero-order valence-electron chi connectivity index (χ0n) is 8.36. The van der Waals surface area contributed by atoms with Crippen molar-refractivity contribution in [1.82, 2.24) is 4.57 Å². The van der Waals surface area contributed by atoms with Crippen molar-refractivity contribution in [2.75, 3.05) is 0 Å². The van der Waals surface area contributed by atoms with Crippen LogP contribution in [0.1, 0.15) is 36.4 Å². The maximum absolute atomic E-state index is 10.7. The molecule has 1 unspecified atom stereocenters. The van der Waals surface area contributed by atoms with Crippen LogP contribution in [0.4, 0.5) is 0 Å². The summed E-state index contributed by atoms with van der Waals surface area (Å²) in [6.07, 6.45) is 5.53. The van der Waals surface area contributed by atoms with E-state index in [9.17, 15) is 4.79 Å². The largest absolute Gasteiger partial charge is 0.481 e. The summed E-state index contributed by atoms with van der Waals surface area (Å²) in [5.74, 6) is -0.454. The summed E-state index contributed by atoms with van der Waals surface area (Å²) in [4.78, 5) is 10.7. The van der Waals surface area contributed by atoms with Crippen LogP contribution in [0.15, 0.2) is 12.3 Å². The summed E-state index contributed by atoms with van der Waals surface area (Å²) < 4.78 is 2.11. The number of nitrogens with zero attached hydrogens (tertiary/aromatic N) is 1. The molecule has 0 saturated heterocycles. The van der Waals surface area contributed by atoms with Gasteiger partial charge in [-0.05, 0) is 36.8 Å². The van der Waals surface area contributed by atoms with Gasteiger partial charge in [-0.2, -0.15) is 0 Å². The lowest BCUT2D eigenvalue weighted by molar-refractivity contribution is -0.137. The van der Waals surface area contributed by atoms with E-state index < -0.39 is 5.97 Å². The molecular formula is C11H15NO2. The first-order valence-electron chi connectivity index (χ1n) is 5.04. The highest BCUT2D eigenvalue weighted by Gasteiger charge is 2.23. The van der Waals surface area contributed by atoms with Crippen LogP contribution in [-0.2, 0) is 18.3 Å². The third kappa shape index (κ3) is 1.54. The number of aromatic nitrogens is 1. The predicted molar refractivity (Wildman–Crippen MR) is 53.3 cm³/mol. The van der Waals surface area contributed by atoms with Gasteiger partial charge < -0.3 is 9.67 Å². The lowest BCUT2D eigenvalue weighted by Crippen LogP contribution is -2.14. The van der Waals surface area contributed by atoms with E-state index in [4.69, 9.17) is 5.11 Å². The Balaban J connectivity index is 2.27. The van der Waals surface area contributed by atoms with E-state index in [0.717, 1.165) is 19.3 Å². The zero-order chi connectivity index (χ0) is 10.1. The molecule has 0 fully saturated rings. The molecule has 1 heterocycles. The van der Waals surface area contributed by atoms with Gasteiger partial charge in [0.1, 0.15) is 0 Å². The Morgan fingerprint density at radius 3 is 3.21 bits per heavy atom. The van der Waals surface area contributed by atoms with E-state index in [-0.39, 0.29) is 12.3 Å². The van der Waals surface area contributed by atoms with Crippen molar-refractivity contribution in [3.63, 3.8) is 0 Å². The van der Waals surface area contributed by atoms with Crippen molar-refractivity contribution < 1.29 is 9.90 Å². The highest BCUT2D eigenvalue weighted by molar-refractivity contribution is 5.68. The maximum Gasteiger partial charge on any atom is 0.303 e. The first-order chi connectivity index (χ1) is 6.68. The van der Waals surface area contributed by atoms with Gasteiger partial charge in [0.15, 0.2) is 0 Å². The Kier molecular flexibility index (Phi) is 2.32. The number of rotatable bonds is 2. The molecule has 1 aliphatic rings. The molecule has 1 aliphatic carbocycles. The van der Waals surface area contributed by atoms with Crippen LogP contribution in [0.3, 0.4) is 0 Å². The molecule has 3 nitrogen and oxygen atoms in total. The number of fused-ring (bicyclic) bond motifs is 1. The fourth-order valence-corrected chi connectivity index (χ4v) is 2.37. The number of aliphatic carboxylic acids is 1. The zero-order valence-corrected chi connectivity index (χ0v) is 8.36. The van der Waals surface area contributed by atoms with Gasteiger partial charge in [0.05, 0.1) is 6.42 Å². The second kappa shape index (κ2) is 3.48. The normalized spacial score (nSPS) is 20.5. The summed E-state index contributed by atoms with van der Waals surface area (Å²) >= 11 is 0. The fourth-order valence-electron chi connectivity index (χ4n) is 2.37. The summed E-state index contributed by atoms with van der Waals surface area (Å²) in [6.45, 7) is 0. The Morgan fingerprint density at radius 2 is 2.50 bits per heavy atom. The second-order valence-electron chi connectivity index (χ2n) is 4.02. The maximum atomic E-state index is 10.7. The third-order valence-corrected chi connectivity index (χ3v) is 3.06. The molecule has 2 rings (SSSR count). The van der Waals surface area contributed by atoms with Gasteiger partial charge in [0, 0.05) is 18.9 Å². The number of carboxylic acid groups (broad SMARTS) is 1. The number of carboxylic acids is 1. The highest BCUT2D eigenvalue weighted by atomic mass is 16.4. The van der Waals surface area contributed by atoms with E-state index in [2.05, 4.69) is 10.6 Å². The molecule has 14 heavy (non-hydrogen) atoms. The molecule has 0 spiro atoms. The van der Waals surface area contributed by atoms with Crippen LogP contribution in [0.5, 0.6) is 0 Å². The molecule has 0 saturated carbocycles. The molecule has 1 N–H and O–H groups in total. The monoisotopic (exact) mass is 193 g/mol. The summed E-state index contributed by atoms with van der Waals surface area (Å²) in [6, 6.07) is 2.07. The van der Waals surface area contributed by atoms with Gasteiger partial charge in [-0.25, -0.2) is 0 Å². The second-order valence-corrected chi connectivity index (χ2v) is 4.02. The van der Waals surface area contributed by atoms with Crippen molar-refractivity contribution in [1.29, 1.82) is 0 Å². The van der Waals surface area contributed by atoms with E-state index in [0.29, 0.717) is 0 Å². The van der Waals surface area contributed by atoms with Gasteiger partial charge in [-0.3, -0.25) is 4.79 Å². The predicted octanol–water partition coefficient (Wildman–Crippen LogP) is 1.92. The molecule has 3 heteroatoms. The lowest BCUT2D eigenvalue weighted by Gasteiger charge is -2.22. The molecule has 76 valence electrons. The molecule has 0 amide bonds. The number of aryl methyl sites for hydroxylation is 1. The average molecular weight is 193 g/mol. The van der Waals surface area contributed by atoms with Gasteiger partial charge >= 0.3 is 5.97 Å². The first-order valence-corrected chi connectivity index (χ1v) is 5.04. The van der Waals surface area contributed by atoms with E-state index >= 15 is 0 Å². The minimum absolute atomic E-state index is 0.234. The molecular weight excluding hydrogens is 178 g/mol. The van der Waals surface area contributed by atoms with Crippen molar-refractivity contribution in [2.45, 2.75) is 31.6 Å². The minimum atomic E-state index is -0.688. The van der Waals surface area contributed by atoms with E-state index in [1.807, 2.05) is 13.2 Å². The van der Waals surface area contributed by atoms with E-state index in [1.165, 1.54) is 11.3 Å². The van der Waals surface area contributed by atoms with Crippen molar-refractivity contribution in [3.8, 4) is 0 Å². The molecule has 1 aromatic rings. The molecule has 0 radical (unpaired) electrons.